The molecule has 10 atom stereocenters. The predicted molar refractivity (Wildman–Crippen MR) is 164 cm³/mol. The van der Waals surface area contributed by atoms with Gasteiger partial charge < -0.3 is 15.5 Å². The van der Waals surface area contributed by atoms with Gasteiger partial charge in [-0.05, 0) is 109 Å². The van der Waals surface area contributed by atoms with Gasteiger partial charge in [-0.15, -0.1) is 0 Å². The third kappa shape index (κ3) is 4.23. The molecule has 0 aromatic heterocycles. The van der Waals surface area contributed by atoms with Crippen LogP contribution in [0.4, 0.5) is 0 Å². The molecule has 5 aliphatic carbocycles. The monoisotopic (exact) mass is 583 g/mol. The van der Waals surface area contributed by atoms with Crippen molar-refractivity contribution in [3.05, 3.63) is 11.6 Å². The lowest BCUT2D eigenvalue weighted by Crippen LogP contribution is -2.67. The summed E-state index contributed by atoms with van der Waals surface area (Å²) in [5.41, 5.74) is -0.363. The fraction of sp³-hybridized carbons (Fsp3) is 0.861. The number of hydrogen-bond donors (Lipinski definition) is 3. The van der Waals surface area contributed by atoms with Gasteiger partial charge in [0.1, 0.15) is 6.04 Å². The van der Waals surface area contributed by atoms with Crippen LogP contribution in [-0.4, -0.2) is 40.0 Å². The molecule has 0 spiro atoms. The Labute approximate surface area is 253 Å². The molecule has 1 amide bonds. The van der Waals surface area contributed by atoms with Gasteiger partial charge in [-0.2, -0.15) is 0 Å². The Morgan fingerprint density at radius 2 is 1.62 bits per heavy atom. The summed E-state index contributed by atoms with van der Waals surface area (Å²) in [7, 11) is 0. The molecule has 0 aromatic rings. The summed E-state index contributed by atoms with van der Waals surface area (Å²) < 4.78 is 0. The minimum absolute atomic E-state index is 0.0322. The number of rotatable bonds is 5. The fourth-order valence-corrected chi connectivity index (χ4v) is 11.4. The van der Waals surface area contributed by atoms with E-state index in [4.69, 9.17) is 0 Å². The number of allylic oxidation sites excluding steroid dienone is 2. The summed E-state index contributed by atoms with van der Waals surface area (Å²) in [4.78, 5) is 41.2. The number of carboxylic acids is 1. The third-order valence-corrected chi connectivity index (χ3v) is 14.6. The second kappa shape index (κ2) is 9.91. The normalized spacial score (nSPS) is 45.2. The highest BCUT2D eigenvalue weighted by atomic mass is 16.4. The van der Waals surface area contributed by atoms with E-state index in [0.29, 0.717) is 6.42 Å². The van der Waals surface area contributed by atoms with E-state index < -0.39 is 17.4 Å². The topological polar surface area (TPSA) is 104 Å². The number of carbonyl (C=O) groups excluding carboxylic acids is 2. The number of aliphatic carboxylic acids is 1. The summed E-state index contributed by atoms with van der Waals surface area (Å²) >= 11 is 0. The lowest BCUT2D eigenvalue weighted by Gasteiger charge is -2.70. The molecule has 0 heterocycles. The molecule has 236 valence electrons. The number of nitrogens with one attached hydrogen (secondary N) is 1. The molecule has 4 fully saturated rings. The van der Waals surface area contributed by atoms with Crippen molar-refractivity contribution in [3.63, 3.8) is 0 Å². The number of hydrogen-bond acceptors (Lipinski definition) is 4. The van der Waals surface area contributed by atoms with Crippen molar-refractivity contribution in [2.75, 3.05) is 0 Å². The SMILES string of the molecule is CCC(C)C(NC(=O)[C@]12CCC(C)(C)C[C@H]1C1=CC(=O)[C@@H]3[C@@]4(C)CC[C@H](O)C(C)(C)C4CC[C@@]3(C)[C@]1(C)CC2)C(=O)O. The van der Waals surface area contributed by atoms with E-state index in [-0.39, 0.29) is 68.5 Å². The first-order valence-corrected chi connectivity index (χ1v) is 16.8. The van der Waals surface area contributed by atoms with Crippen LogP contribution in [0.2, 0.25) is 0 Å². The molecule has 0 aromatic carbocycles. The van der Waals surface area contributed by atoms with Crippen LogP contribution in [0, 0.1) is 56.2 Å². The summed E-state index contributed by atoms with van der Waals surface area (Å²) in [6, 6.07) is -0.912. The van der Waals surface area contributed by atoms with E-state index in [1.54, 1.807) is 0 Å². The van der Waals surface area contributed by atoms with E-state index >= 15 is 0 Å². The Hall–Kier alpha value is -1.69. The maximum Gasteiger partial charge on any atom is 0.326 e. The van der Waals surface area contributed by atoms with Gasteiger partial charge in [-0.3, -0.25) is 9.59 Å². The minimum atomic E-state index is -0.977. The van der Waals surface area contributed by atoms with Crippen LogP contribution in [0.15, 0.2) is 11.6 Å². The summed E-state index contributed by atoms with van der Waals surface area (Å²) in [5, 5.41) is 24.0. The highest BCUT2D eigenvalue weighted by molar-refractivity contribution is 5.96. The van der Waals surface area contributed by atoms with Crippen molar-refractivity contribution in [3.8, 4) is 0 Å². The quantitative estimate of drug-likeness (QED) is 0.325. The number of carboxylic acid groups (broad SMARTS) is 1. The highest BCUT2D eigenvalue weighted by Crippen LogP contribution is 2.75. The zero-order valence-electron chi connectivity index (χ0n) is 27.7. The summed E-state index contributed by atoms with van der Waals surface area (Å²) in [6.07, 6.45) is 9.86. The first kappa shape index (κ1) is 31.7. The third-order valence-electron chi connectivity index (χ3n) is 14.6. The van der Waals surface area contributed by atoms with E-state index in [1.807, 2.05) is 19.9 Å². The first-order chi connectivity index (χ1) is 19.3. The standard InChI is InChI=1S/C36H57NO5/c1-10-21(2)27(29(40)41)37-30(42)36-17-15-31(3,4)20-23(36)22-19-24(38)28-33(7)13-12-26(39)32(5,6)25(33)11-14-35(28,9)34(22,8)16-18-36/h19,21,23,25-28,39H,10-18,20H2,1-9H3,(H,37,42)(H,40,41)/t21?,23-,25?,26-,27?,28+,33-,34+,35+,36-/m0/s1. The minimum Gasteiger partial charge on any atom is -0.480 e. The Balaban J connectivity index is 1.59. The van der Waals surface area contributed by atoms with Gasteiger partial charge in [0.05, 0.1) is 11.5 Å². The molecule has 42 heavy (non-hydrogen) atoms. The van der Waals surface area contributed by atoms with E-state index in [9.17, 15) is 24.6 Å². The van der Waals surface area contributed by atoms with Crippen LogP contribution in [-0.2, 0) is 14.4 Å². The van der Waals surface area contributed by atoms with Gasteiger partial charge in [0.2, 0.25) is 5.91 Å². The van der Waals surface area contributed by atoms with Gasteiger partial charge in [0.25, 0.3) is 0 Å². The smallest absolute Gasteiger partial charge is 0.326 e. The lowest BCUT2D eigenvalue weighted by molar-refractivity contribution is -0.203. The number of amides is 1. The Morgan fingerprint density at radius 3 is 2.24 bits per heavy atom. The Morgan fingerprint density at radius 1 is 0.976 bits per heavy atom. The molecule has 0 radical (unpaired) electrons. The molecule has 0 bridgehead atoms. The molecular weight excluding hydrogens is 526 g/mol. The molecule has 6 heteroatoms. The zero-order chi connectivity index (χ0) is 31.3. The molecule has 0 saturated heterocycles. The van der Waals surface area contributed by atoms with E-state index in [2.05, 4.69) is 53.8 Å². The largest absolute Gasteiger partial charge is 0.480 e. The van der Waals surface area contributed by atoms with Crippen molar-refractivity contribution in [2.24, 2.45) is 56.2 Å². The Kier molecular flexibility index (Phi) is 7.48. The predicted octanol–water partition coefficient (Wildman–Crippen LogP) is 6.94. The molecule has 3 unspecified atom stereocenters. The average molecular weight is 584 g/mol. The van der Waals surface area contributed by atoms with Crippen LogP contribution in [0.3, 0.4) is 0 Å². The second-order valence-corrected chi connectivity index (χ2v) is 17.4. The van der Waals surface area contributed by atoms with Crippen LogP contribution >= 0.6 is 0 Å². The van der Waals surface area contributed by atoms with Crippen LogP contribution in [0.25, 0.3) is 0 Å². The van der Waals surface area contributed by atoms with Crippen molar-refractivity contribution in [1.29, 1.82) is 0 Å². The van der Waals surface area contributed by atoms with Crippen LogP contribution in [0.5, 0.6) is 0 Å². The van der Waals surface area contributed by atoms with Gasteiger partial charge in [-0.1, -0.05) is 74.3 Å². The number of carbonyl (C=O) groups is 3. The lowest BCUT2D eigenvalue weighted by atomic mass is 9.33. The molecule has 4 saturated carbocycles. The van der Waals surface area contributed by atoms with Crippen molar-refractivity contribution >= 4 is 17.7 Å². The maximum atomic E-state index is 14.6. The number of aliphatic hydroxyl groups is 1. The van der Waals surface area contributed by atoms with Gasteiger partial charge in [0.15, 0.2) is 5.78 Å². The molecule has 5 aliphatic rings. The van der Waals surface area contributed by atoms with Gasteiger partial charge >= 0.3 is 5.97 Å². The first-order valence-electron chi connectivity index (χ1n) is 16.8. The number of fused-ring (bicyclic) bond motifs is 7. The molecule has 6 nitrogen and oxygen atoms in total. The summed E-state index contributed by atoms with van der Waals surface area (Å²) in [6.45, 7) is 19.9. The average Bonchev–Trinajstić information content (AvgIpc) is 2.89. The molecule has 5 rings (SSSR count). The van der Waals surface area contributed by atoms with Crippen LogP contribution < -0.4 is 5.32 Å². The van der Waals surface area contributed by atoms with Crippen molar-refractivity contribution < 1.29 is 24.6 Å². The number of aliphatic hydroxyl groups excluding tert-OH is 1. The van der Waals surface area contributed by atoms with E-state index in [1.165, 1.54) is 0 Å². The number of ketones is 1. The highest BCUT2D eigenvalue weighted by Gasteiger charge is 2.71. The van der Waals surface area contributed by atoms with Crippen LogP contribution in [0.1, 0.15) is 127 Å². The van der Waals surface area contributed by atoms with Gasteiger partial charge in [-0.25, -0.2) is 4.79 Å². The van der Waals surface area contributed by atoms with Crippen molar-refractivity contribution in [1.82, 2.24) is 5.32 Å². The molecule has 3 N–H and O–H groups in total. The maximum absolute atomic E-state index is 14.6. The molecular formula is C36H57NO5. The fourth-order valence-electron chi connectivity index (χ4n) is 11.4. The Bertz CT molecular complexity index is 1190. The van der Waals surface area contributed by atoms with E-state index in [0.717, 1.165) is 63.4 Å². The summed E-state index contributed by atoms with van der Waals surface area (Å²) in [5.74, 6) is -0.962. The zero-order valence-corrected chi connectivity index (χ0v) is 27.7. The van der Waals surface area contributed by atoms with Crippen molar-refractivity contribution in [2.45, 2.75) is 139 Å². The molecule has 0 aliphatic heterocycles. The van der Waals surface area contributed by atoms with Gasteiger partial charge in [0, 0.05) is 5.92 Å². The second-order valence-electron chi connectivity index (χ2n) is 17.4.